The first-order chi connectivity index (χ1) is 16.7. The average Bonchev–Trinajstić information content (AvgIpc) is 2.83. The molecule has 0 fully saturated rings. The van der Waals surface area contributed by atoms with E-state index in [2.05, 4.69) is 10.6 Å². The molecule has 0 saturated carbocycles. The van der Waals surface area contributed by atoms with Crippen molar-refractivity contribution in [1.29, 1.82) is 0 Å². The molecule has 0 unspecified atom stereocenters. The molecule has 3 N–H and O–H groups in total. The fourth-order valence-electron chi connectivity index (χ4n) is 3.67. The lowest BCUT2D eigenvalue weighted by molar-refractivity contribution is -0.143. The number of nitrogens with one attached hydrogen (secondary N) is 2. The van der Waals surface area contributed by atoms with Gasteiger partial charge < -0.3 is 29.8 Å². The van der Waals surface area contributed by atoms with Crippen molar-refractivity contribution in [2.45, 2.75) is 26.3 Å². The Morgan fingerprint density at radius 3 is 2.60 bits per heavy atom. The number of pyridine rings is 1. The maximum atomic E-state index is 12.8. The molecular formula is C26H29N3O6. The van der Waals surface area contributed by atoms with Crippen LogP contribution in [0.4, 0.5) is 10.5 Å². The van der Waals surface area contributed by atoms with Gasteiger partial charge in [0.1, 0.15) is 11.5 Å². The van der Waals surface area contributed by atoms with Crippen LogP contribution in [0.25, 0.3) is 11.1 Å². The van der Waals surface area contributed by atoms with Crippen LogP contribution in [-0.4, -0.2) is 35.4 Å². The predicted molar refractivity (Wildman–Crippen MR) is 133 cm³/mol. The van der Waals surface area contributed by atoms with Gasteiger partial charge in [-0.1, -0.05) is 29.8 Å². The Morgan fingerprint density at radius 2 is 1.89 bits per heavy atom. The number of ether oxygens (including phenoxy) is 2. The van der Waals surface area contributed by atoms with Crippen LogP contribution in [-0.2, 0) is 16.6 Å². The number of methoxy groups -OCH3 is 1. The first-order valence-corrected chi connectivity index (χ1v) is 11.1. The average molecular weight is 480 g/mol. The maximum Gasteiger partial charge on any atom is 0.319 e. The van der Waals surface area contributed by atoms with Gasteiger partial charge in [-0.2, -0.15) is 0 Å². The normalized spacial score (nSPS) is 11.4. The molecule has 0 spiro atoms. The summed E-state index contributed by atoms with van der Waals surface area (Å²) in [6.45, 7) is 3.82. The summed E-state index contributed by atoms with van der Waals surface area (Å²) in [5.74, 6) is -0.142. The molecule has 0 radical (unpaired) electrons. The number of esters is 1. The Bertz CT molecular complexity index is 1280. The summed E-state index contributed by atoms with van der Waals surface area (Å²) < 4.78 is 11.7. The lowest BCUT2D eigenvalue weighted by Gasteiger charge is -2.21. The van der Waals surface area contributed by atoms with Crippen molar-refractivity contribution in [3.8, 4) is 22.6 Å². The van der Waals surface area contributed by atoms with Gasteiger partial charge in [-0.15, -0.1) is 0 Å². The molecule has 0 aliphatic carbocycles. The minimum atomic E-state index is -0.756. The van der Waals surface area contributed by atoms with E-state index < -0.39 is 23.6 Å². The number of anilines is 1. The molecule has 2 aromatic carbocycles. The first-order valence-electron chi connectivity index (χ1n) is 11.1. The summed E-state index contributed by atoms with van der Waals surface area (Å²) in [5, 5.41) is 15.2. The third-order valence-corrected chi connectivity index (χ3v) is 5.37. The lowest BCUT2D eigenvalue weighted by atomic mass is 9.95. The van der Waals surface area contributed by atoms with E-state index >= 15 is 0 Å². The van der Waals surface area contributed by atoms with Crippen molar-refractivity contribution in [3.05, 3.63) is 76.2 Å². The van der Waals surface area contributed by atoms with E-state index in [4.69, 9.17) is 9.47 Å². The lowest BCUT2D eigenvalue weighted by Crippen LogP contribution is -2.36. The van der Waals surface area contributed by atoms with Crippen LogP contribution >= 0.6 is 0 Å². The minimum absolute atomic E-state index is 0.124. The number of nitrogens with zero attached hydrogens (tertiary/aromatic N) is 1. The highest BCUT2D eigenvalue weighted by Gasteiger charge is 2.22. The molecule has 1 aromatic heterocycles. The highest BCUT2D eigenvalue weighted by atomic mass is 16.5. The molecule has 3 aromatic rings. The van der Waals surface area contributed by atoms with Gasteiger partial charge in [0.2, 0.25) is 0 Å². The summed E-state index contributed by atoms with van der Waals surface area (Å²) in [5.41, 5.74) is 2.56. The summed E-state index contributed by atoms with van der Waals surface area (Å²) >= 11 is 0. The highest BCUT2D eigenvalue weighted by molar-refractivity contribution is 5.91. The molecular weight excluding hydrogens is 450 g/mol. The molecule has 184 valence electrons. The number of rotatable bonds is 8. The van der Waals surface area contributed by atoms with Crippen LogP contribution in [0.2, 0.25) is 0 Å². The van der Waals surface area contributed by atoms with E-state index in [9.17, 15) is 19.5 Å². The van der Waals surface area contributed by atoms with Crippen molar-refractivity contribution in [1.82, 2.24) is 9.88 Å². The Labute approximate surface area is 203 Å². The number of carbonyl (C=O) groups excluding carboxylic acids is 2. The van der Waals surface area contributed by atoms with Crippen molar-refractivity contribution in [2.24, 2.45) is 7.05 Å². The number of carbonyl (C=O) groups is 2. The Kier molecular flexibility index (Phi) is 8.14. The summed E-state index contributed by atoms with van der Waals surface area (Å²) in [7, 11) is 3.10. The Balaban J connectivity index is 1.94. The topological polar surface area (TPSA) is 119 Å². The first kappa shape index (κ1) is 25.4. The van der Waals surface area contributed by atoms with E-state index in [0.717, 1.165) is 16.7 Å². The number of aromatic hydroxyl groups is 1. The van der Waals surface area contributed by atoms with E-state index in [0.29, 0.717) is 11.3 Å². The van der Waals surface area contributed by atoms with Gasteiger partial charge >= 0.3 is 12.0 Å². The zero-order chi connectivity index (χ0) is 25.5. The highest BCUT2D eigenvalue weighted by Crippen LogP contribution is 2.29. The number of aromatic nitrogens is 1. The molecule has 3 rings (SSSR count). The molecule has 0 aliphatic heterocycles. The van der Waals surface area contributed by atoms with Gasteiger partial charge in [-0.05, 0) is 54.8 Å². The van der Waals surface area contributed by atoms with Crippen molar-refractivity contribution in [3.63, 3.8) is 0 Å². The molecule has 1 heterocycles. The molecule has 35 heavy (non-hydrogen) atoms. The molecule has 9 heteroatoms. The van der Waals surface area contributed by atoms with Crippen LogP contribution < -0.4 is 20.9 Å². The number of hydrogen-bond acceptors (Lipinski definition) is 6. The second kappa shape index (κ2) is 11.2. The van der Waals surface area contributed by atoms with Crippen LogP contribution in [0.3, 0.4) is 0 Å². The second-order valence-corrected chi connectivity index (χ2v) is 8.02. The maximum absolute atomic E-state index is 12.8. The third kappa shape index (κ3) is 6.41. The van der Waals surface area contributed by atoms with Crippen LogP contribution in [0, 0.1) is 6.92 Å². The summed E-state index contributed by atoms with van der Waals surface area (Å²) in [6.07, 6.45) is 1.26. The van der Waals surface area contributed by atoms with Gasteiger partial charge in [0, 0.05) is 13.2 Å². The summed E-state index contributed by atoms with van der Waals surface area (Å²) in [4.78, 5) is 37.5. The SMILES string of the molecule is CCOC(=O)C[C@H](NC(=O)Nc1c(O)ccn(C)c1=O)c1cc(C)cc(-c2cccc(OC)c2)c1. The van der Waals surface area contributed by atoms with E-state index in [1.54, 1.807) is 14.0 Å². The zero-order valence-electron chi connectivity index (χ0n) is 20.1. The number of urea groups is 1. The smallest absolute Gasteiger partial charge is 0.319 e. The van der Waals surface area contributed by atoms with E-state index in [1.807, 2.05) is 49.4 Å². The zero-order valence-corrected chi connectivity index (χ0v) is 20.1. The van der Waals surface area contributed by atoms with Gasteiger partial charge in [0.05, 0.1) is 26.2 Å². The quantitative estimate of drug-likeness (QED) is 0.422. The molecule has 1 atom stereocenters. The molecule has 2 amide bonds. The number of aryl methyl sites for hydroxylation is 2. The van der Waals surface area contributed by atoms with Crippen LogP contribution in [0.15, 0.2) is 59.5 Å². The minimum Gasteiger partial charge on any atom is -0.505 e. The van der Waals surface area contributed by atoms with Gasteiger partial charge in [0.15, 0.2) is 5.69 Å². The number of amides is 2. The van der Waals surface area contributed by atoms with Crippen molar-refractivity contribution < 1.29 is 24.2 Å². The monoisotopic (exact) mass is 479 g/mol. The van der Waals surface area contributed by atoms with Crippen LogP contribution in [0.1, 0.15) is 30.5 Å². The molecule has 9 nitrogen and oxygen atoms in total. The van der Waals surface area contributed by atoms with Gasteiger partial charge in [-0.25, -0.2) is 4.79 Å². The van der Waals surface area contributed by atoms with Gasteiger partial charge in [0.25, 0.3) is 5.56 Å². The predicted octanol–water partition coefficient (Wildman–Crippen LogP) is 3.89. The van der Waals surface area contributed by atoms with Crippen LogP contribution in [0.5, 0.6) is 11.5 Å². The largest absolute Gasteiger partial charge is 0.505 e. The Hall–Kier alpha value is -4.27. The fraction of sp³-hybridized carbons (Fsp3) is 0.269. The second-order valence-electron chi connectivity index (χ2n) is 8.02. The number of hydrogen-bond donors (Lipinski definition) is 3. The van der Waals surface area contributed by atoms with Gasteiger partial charge in [-0.3, -0.25) is 9.59 Å². The summed E-state index contributed by atoms with van der Waals surface area (Å²) in [6, 6.07) is 13.1. The molecule has 0 saturated heterocycles. The standard InChI is InChI=1S/C26H29N3O6/c1-5-35-23(31)15-21(27-26(33)28-24-22(30)9-10-29(3)25(24)32)19-12-16(2)11-18(13-19)17-7-6-8-20(14-17)34-4/h6-14,21,30H,5,15H2,1-4H3,(H2,27,28,33)/t21-/m0/s1. The van der Waals surface area contributed by atoms with E-state index in [1.165, 1.54) is 23.9 Å². The molecule has 0 bridgehead atoms. The fourth-order valence-corrected chi connectivity index (χ4v) is 3.67. The molecule has 0 aliphatic rings. The van der Waals surface area contributed by atoms with Crippen molar-refractivity contribution >= 4 is 17.7 Å². The number of benzene rings is 2. The Morgan fingerprint density at radius 1 is 1.11 bits per heavy atom. The van der Waals surface area contributed by atoms with Crippen molar-refractivity contribution in [2.75, 3.05) is 19.0 Å². The third-order valence-electron chi connectivity index (χ3n) is 5.37. The van der Waals surface area contributed by atoms with E-state index in [-0.39, 0.29) is 24.5 Å².